The van der Waals surface area contributed by atoms with E-state index in [0.717, 1.165) is 0 Å². The molecule has 0 spiro atoms. The molecule has 0 bridgehead atoms. The molecule has 0 aromatic heterocycles. The van der Waals surface area contributed by atoms with Crippen molar-refractivity contribution in [2.75, 3.05) is 0 Å². The Bertz CT molecular complexity index is 252. The molecule has 0 aromatic carbocycles. The SMILES string of the molecule is CC(C)[O-].CC(C)[O-].CC(C)[O-].[CH3][V+3]([CH3])([CH3])[C]1=CC=CC1. The Labute approximate surface area is 135 Å². The Balaban J connectivity index is -0.000000230. The van der Waals surface area contributed by atoms with Gasteiger partial charge in [0, 0.05) is 0 Å². The molecule has 0 N–H and O–H groups in total. The summed E-state index contributed by atoms with van der Waals surface area (Å²) in [7, 11) is 0. The molecule has 0 aromatic rings. The van der Waals surface area contributed by atoms with Gasteiger partial charge in [0.25, 0.3) is 0 Å². The monoisotopic (exact) mass is 338 g/mol. The predicted octanol–water partition coefficient (Wildman–Crippen LogP) is 2.39. The molecule has 1 rings (SSSR count). The third kappa shape index (κ3) is 38.3. The Hall–Kier alpha value is -0.0556. The normalized spacial score (nSPS) is 12.2. The van der Waals surface area contributed by atoms with Crippen LogP contribution in [0.25, 0.3) is 0 Å². The summed E-state index contributed by atoms with van der Waals surface area (Å²) < 4.78 is 1.72. The molecular formula is C17H35O3V. The Morgan fingerprint density at radius 3 is 1.19 bits per heavy atom. The van der Waals surface area contributed by atoms with E-state index < -0.39 is 32.3 Å². The van der Waals surface area contributed by atoms with Gasteiger partial charge < -0.3 is 15.3 Å². The topological polar surface area (TPSA) is 69.2 Å². The average Bonchev–Trinajstić information content (AvgIpc) is 2.64. The van der Waals surface area contributed by atoms with E-state index in [4.69, 9.17) is 0 Å². The van der Waals surface area contributed by atoms with Crippen LogP contribution in [0.4, 0.5) is 0 Å². The van der Waals surface area contributed by atoms with Gasteiger partial charge in [-0.2, -0.15) is 0 Å². The van der Waals surface area contributed by atoms with Gasteiger partial charge in [0.15, 0.2) is 0 Å². The zero-order valence-electron chi connectivity index (χ0n) is 15.3. The third-order valence-corrected chi connectivity index (χ3v) is 4.82. The van der Waals surface area contributed by atoms with E-state index in [9.17, 15) is 15.3 Å². The number of hydrogen-bond acceptors (Lipinski definition) is 3. The van der Waals surface area contributed by atoms with Gasteiger partial charge in [-0.15, -0.1) is 18.3 Å². The molecule has 0 fully saturated rings. The Morgan fingerprint density at radius 2 is 1.10 bits per heavy atom. The summed E-state index contributed by atoms with van der Waals surface area (Å²) in [4.78, 5) is 0. The van der Waals surface area contributed by atoms with E-state index in [0.29, 0.717) is 0 Å². The van der Waals surface area contributed by atoms with Crippen molar-refractivity contribution in [3.8, 4) is 0 Å². The fourth-order valence-corrected chi connectivity index (χ4v) is 2.79. The number of hydrogen-bond donors (Lipinski definition) is 0. The zero-order chi connectivity index (χ0) is 17.6. The molecule has 0 heterocycles. The first-order chi connectivity index (χ1) is 9.30. The second kappa shape index (κ2) is 14.9. The molecule has 1 aliphatic carbocycles. The summed E-state index contributed by atoms with van der Waals surface area (Å²) >= 11 is -1.24. The van der Waals surface area contributed by atoms with Crippen LogP contribution in [0.1, 0.15) is 48.0 Å². The van der Waals surface area contributed by atoms with E-state index in [-0.39, 0.29) is 0 Å². The molecule has 0 saturated heterocycles. The molecule has 0 amide bonds. The van der Waals surface area contributed by atoms with Crippen LogP contribution in [0.15, 0.2) is 22.5 Å². The van der Waals surface area contributed by atoms with Gasteiger partial charge in [-0.3, -0.25) is 0 Å². The maximum absolute atomic E-state index is 9.53. The third-order valence-electron chi connectivity index (χ3n) is 1.61. The van der Waals surface area contributed by atoms with Crippen LogP contribution in [0.3, 0.4) is 0 Å². The molecule has 0 radical (unpaired) electrons. The fraction of sp³-hybridized carbons (Fsp3) is 0.765. The quantitative estimate of drug-likeness (QED) is 0.737. The molecule has 1 aliphatic rings. The van der Waals surface area contributed by atoms with Crippen molar-refractivity contribution in [1.82, 2.24) is 0 Å². The van der Waals surface area contributed by atoms with Gasteiger partial charge in [-0.1, -0.05) is 41.5 Å². The molecule has 0 aliphatic heterocycles. The van der Waals surface area contributed by atoms with Crippen LogP contribution in [0.5, 0.6) is 0 Å². The van der Waals surface area contributed by atoms with Crippen LogP contribution >= 0.6 is 0 Å². The van der Waals surface area contributed by atoms with E-state index >= 15 is 0 Å². The van der Waals surface area contributed by atoms with E-state index in [1.807, 2.05) is 0 Å². The van der Waals surface area contributed by atoms with Crippen molar-refractivity contribution < 1.29 is 29.4 Å². The number of rotatable bonds is 1. The van der Waals surface area contributed by atoms with E-state index in [1.165, 1.54) is 6.42 Å². The number of allylic oxidation sites excluding steroid dienone is 4. The van der Waals surface area contributed by atoms with Crippen molar-refractivity contribution in [1.29, 1.82) is 0 Å². The van der Waals surface area contributed by atoms with Gasteiger partial charge >= 0.3 is 59.9 Å². The first-order valence-corrected chi connectivity index (χ1v) is 12.3. The van der Waals surface area contributed by atoms with Gasteiger partial charge in [0.05, 0.1) is 0 Å². The van der Waals surface area contributed by atoms with E-state index in [1.54, 1.807) is 45.8 Å². The minimum atomic E-state index is -1.24. The summed E-state index contributed by atoms with van der Waals surface area (Å²) in [5, 5.41) is 28.6. The first kappa shape index (κ1) is 25.9. The molecule has 0 atom stereocenters. The second-order valence-electron chi connectivity index (χ2n) is 6.45. The van der Waals surface area contributed by atoms with Gasteiger partial charge in [0.1, 0.15) is 0 Å². The Morgan fingerprint density at radius 1 is 0.810 bits per heavy atom. The van der Waals surface area contributed by atoms with Crippen LogP contribution in [-0.2, 0) is 14.0 Å². The van der Waals surface area contributed by atoms with Crippen molar-refractivity contribution in [3.05, 3.63) is 22.5 Å². The fourth-order valence-electron chi connectivity index (χ4n) is 0.933. The minimum absolute atomic E-state index is 0.417. The molecule has 21 heavy (non-hydrogen) atoms. The molecular weight excluding hydrogens is 303 g/mol. The van der Waals surface area contributed by atoms with Crippen molar-refractivity contribution in [3.63, 3.8) is 0 Å². The molecule has 0 unspecified atom stereocenters. The second-order valence-corrected chi connectivity index (χ2v) is 13.6. The molecule has 3 nitrogen and oxygen atoms in total. The summed E-state index contributed by atoms with van der Waals surface area (Å²) in [5.74, 6) is 0. The first-order valence-electron chi connectivity index (χ1n) is 7.45. The summed E-state index contributed by atoms with van der Waals surface area (Å²) in [6, 6.07) is 0. The van der Waals surface area contributed by atoms with Gasteiger partial charge in [0.2, 0.25) is 0 Å². The van der Waals surface area contributed by atoms with E-state index in [2.05, 4.69) is 35.1 Å². The molecule has 126 valence electrons. The molecule has 0 saturated carbocycles. The maximum atomic E-state index is 9.53. The summed E-state index contributed by atoms with van der Waals surface area (Å²) in [6.07, 6.45) is 6.72. The predicted molar refractivity (Wildman–Crippen MR) is 84.8 cm³/mol. The summed E-state index contributed by atoms with van der Waals surface area (Å²) in [6.45, 7) is 9.67. The Kier molecular flexibility index (Phi) is 18.3. The molecule has 4 heteroatoms. The van der Waals surface area contributed by atoms with Crippen LogP contribution in [-0.4, -0.2) is 18.3 Å². The van der Waals surface area contributed by atoms with Gasteiger partial charge in [-0.25, -0.2) is 0 Å². The zero-order valence-corrected chi connectivity index (χ0v) is 16.7. The van der Waals surface area contributed by atoms with Crippen LogP contribution in [0.2, 0.25) is 16.9 Å². The van der Waals surface area contributed by atoms with Crippen molar-refractivity contribution >= 4 is 0 Å². The standard InChI is InChI=1S/C5H5.3C3H7O.3CH3.V/c1-2-4-5-3-1;3*1-3(2)4;;;;/h1-3H,4H2;3*3H,1-2H3;3*1H3;/q;3*-1;;;;+3. The van der Waals surface area contributed by atoms with Crippen molar-refractivity contribution in [2.45, 2.75) is 83.2 Å². The van der Waals surface area contributed by atoms with Crippen LogP contribution < -0.4 is 15.3 Å². The average molecular weight is 338 g/mol. The summed E-state index contributed by atoms with van der Waals surface area (Å²) in [5.41, 5.74) is 7.28. The van der Waals surface area contributed by atoms with Crippen LogP contribution in [0, 0.1) is 0 Å². The van der Waals surface area contributed by atoms with Gasteiger partial charge in [-0.05, 0) is 0 Å². The van der Waals surface area contributed by atoms with Crippen molar-refractivity contribution in [2.24, 2.45) is 0 Å².